The molecule has 1 aliphatic rings. The van der Waals surface area contributed by atoms with Crippen molar-refractivity contribution in [3.05, 3.63) is 16.1 Å². The summed E-state index contributed by atoms with van der Waals surface area (Å²) in [4.78, 5) is 15.8. The zero-order valence-electron chi connectivity index (χ0n) is 7.36. The summed E-state index contributed by atoms with van der Waals surface area (Å²) in [6.45, 7) is 1.70. The highest BCUT2D eigenvalue weighted by Crippen LogP contribution is 2.42. The Labute approximate surface area is 80.4 Å². The van der Waals surface area contributed by atoms with Gasteiger partial charge in [-0.2, -0.15) is 0 Å². The highest BCUT2D eigenvalue weighted by atomic mass is 32.1. The van der Waals surface area contributed by atoms with E-state index in [9.17, 15) is 4.79 Å². The van der Waals surface area contributed by atoms with E-state index < -0.39 is 11.9 Å². The molecule has 2 rings (SSSR count). The van der Waals surface area contributed by atoms with E-state index in [1.165, 1.54) is 12.8 Å². The lowest BCUT2D eigenvalue weighted by Gasteiger charge is -1.99. The van der Waals surface area contributed by atoms with Gasteiger partial charge < -0.3 is 5.11 Å². The quantitative estimate of drug-likeness (QED) is 0.808. The summed E-state index contributed by atoms with van der Waals surface area (Å²) in [7, 11) is 0. The van der Waals surface area contributed by atoms with Crippen LogP contribution < -0.4 is 0 Å². The Balaban J connectivity index is 2.16. The van der Waals surface area contributed by atoms with Gasteiger partial charge in [0.2, 0.25) is 0 Å². The molecule has 1 aromatic rings. The van der Waals surface area contributed by atoms with Crippen LogP contribution in [0.25, 0.3) is 0 Å². The summed E-state index contributed by atoms with van der Waals surface area (Å²) in [6.07, 6.45) is 4.14. The Morgan fingerprint density at radius 3 is 3.00 bits per heavy atom. The molecule has 1 aliphatic carbocycles. The molecular formula is C9H11NO2S. The third-order valence-corrected chi connectivity index (χ3v) is 3.61. The van der Waals surface area contributed by atoms with Crippen molar-refractivity contribution in [2.24, 2.45) is 0 Å². The molecule has 4 heteroatoms. The predicted octanol–water partition coefficient (Wildman–Crippen LogP) is 2.21. The van der Waals surface area contributed by atoms with Crippen LogP contribution in [0.15, 0.2) is 6.20 Å². The number of carboxylic acids is 1. The molecule has 0 spiro atoms. The molecule has 1 atom stereocenters. The SMILES string of the molecule is CC(C(=O)O)c1cnc(C2CC2)s1. The summed E-state index contributed by atoms with van der Waals surface area (Å²) >= 11 is 1.55. The summed E-state index contributed by atoms with van der Waals surface area (Å²) in [5, 5.41) is 9.89. The lowest BCUT2D eigenvalue weighted by Crippen LogP contribution is -2.05. The van der Waals surface area contributed by atoms with Crippen molar-refractivity contribution in [3.8, 4) is 0 Å². The van der Waals surface area contributed by atoms with E-state index in [4.69, 9.17) is 5.11 Å². The largest absolute Gasteiger partial charge is 0.481 e. The molecule has 1 unspecified atom stereocenters. The van der Waals surface area contributed by atoms with E-state index in [-0.39, 0.29) is 0 Å². The van der Waals surface area contributed by atoms with Gasteiger partial charge in [-0.05, 0) is 19.8 Å². The zero-order chi connectivity index (χ0) is 9.42. The number of carboxylic acid groups (broad SMARTS) is 1. The van der Waals surface area contributed by atoms with E-state index >= 15 is 0 Å². The van der Waals surface area contributed by atoms with Gasteiger partial charge in [0.25, 0.3) is 0 Å². The summed E-state index contributed by atoms with van der Waals surface area (Å²) in [5.74, 6) is -0.559. The predicted molar refractivity (Wildman–Crippen MR) is 50.1 cm³/mol. The monoisotopic (exact) mass is 197 g/mol. The van der Waals surface area contributed by atoms with Crippen LogP contribution in [-0.4, -0.2) is 16.1 Å². The molecule has 0 bridgehead atoms. The third-order valence-electron chi connectivity index (χ3n) is 2.27. The first-order chi connectivity index (χ1) is 6.18. The number of aliphatic carboxylic acids is 1. The van der Waals surface area contributed by atoms with Crippen LogP contribution in [0.1, 0.15) is 41.5 Å². The van der Waals surface area contributed by atoms with Crippen LogP contribution in [0.4, 0.5) is 0 Å². The topological polar surface area (TPSA) is 50.2 Å². The van der Waals surface area contributed by atoms with Gasteiger partial charge in [0.1, 0.15) is 0 Å². The first-order valence-corrected chi connectivity index (χ1v) is 5.18. The van der Waals surface area contributed by atoms with Crippen LogP contribution in [0.5, 0.6) is 0 Å². The Morgan fingerprint density at radius 2 is 2.46 bits per heavy atom. The number of thiazole rings is 1. The molecule has 3 nitrogen and oxygen atoms in total. The normalized spacial score (nSPS) is 18.5. The first kappa shape index (κ1) is 8.69. The molecule has 1 N–H and O–H groups in total. The van der Waals surface area contributed by atoms with E-state index in [0.29, 0.717) is 5.92 Å². The Kier molecular flexibility index (Phi) is 2.07. The fourth-order valence-electron chi connectivity index (χ4n) is 1.14. The van der Waals surface area contributed by atoms with Gasteiger partial charge in [-0.25, -0.2) is 4.98 Å². The van der Waals surface area contributed by atoms with Crippen LogP contribution >= 0.6 is 11.3 Å². The van der Waals surface area contributed by atoms with Crippen LogP contribution in [-0.2, 0) is 4.79 Å². The Hall–Kier alpha value is -0.900. The molecule has 0 radical (unpaired) electrons. The molecule has 0 saturated heterocycles. The molecule has 70 valence electrons. The number of nitrogens with zero attached hydrogens (tertiary/aromatic N) is 1. The second-order valence-electron chi connectivity index (χ2n) is 3.44. The van der Waals surface area contributed by atoms with Crippen molar-refractivity contribution in [3.63, 3.8) is 0 Å². The van der Waals surface area contributed by atoms with Gasteiger partial charge >= 0.3 is 5.97 Å². The van der Waals surface area contributed by atoms with Crippen molar-refractivity contribution in [2.45, 2.75) is 31.6 Å². The van der Waals surface area contributed by atoms with Crippen LogP contribution in [0.2, 0.25) is 0 Å². The van der Waals surface area contributed by atoms with E-state index in [0.717, 1.165) is 9.88 Å². The summed E-state index contributed by atoms with van der Waals surface area (Å²) < 4.78 is 0. The lowest BCUT2D eigenvalue weighted by atomic mass is 10.2. The number of rotatable bonds is 3. The van der Waals surface area contributed by atoms with E-state index in [1.54, 1.807) is 24.5 Å². The maximum atomic E-state index is 10.7. The molecular weight excluding hydrogens is 186 g/mol. The minimum Gasteiger partial charge on any atom is -0.481 e. The molecule has 1 saturated carbocycles. The average Bonchev–Trinajstić information content (AvgIpc) is 2.83. The fourth-order valence-corrected chi connectivity index (χ4v) is 2.27. The number of hydrogen-bond acceptors (Lipinski definition) is 3. The summed E-state index contributed by atoms with van der Waals surface area (Å²) in [6, 6.07) is 0. The second kappa shape index (κ2) is 3.10. The molecule has 1 fully saturated rings. The van der Waals surface area contributed by atoms with Crippen molar-refractivity contribution >= 4 is 17.3 Å². The standard InChI is InChI=1S/C9H11NO2S/c1-5(9(11)12)7-4-10-8(13-7)6-2-3-6/h4-6H,2-3H2,1H3,(H,11,12). The first-order valence-electron chi connectivity index (χ1n) is 4.37. The molecule has 0 aromatic carbocycles. The van der Waals surface area contributed by atoms with E-state index in [1.807, 2.05) is 0 Å². The van der Waals surface area contributed by atoms with Gasteiger partial charge in [-0.1, -0.05) is 0 Å². The van der Waals surface area contributed by atoms with Crippen molar-refractivity contribution < 1.29 is 9.90 Å². The van der Waals surface area contributed by atoms with Gasteiger partial charge in [-0.15, -0.1) is 11.3 Å². The Bertz CT molecular complexity index is 330. The Morgan fingerprint density at radius 1 is 1.77 bits per heavy atom. The van der Waals surface area contributed by atoms with Gasteiger partial charge in [0.15, 0.2) is 0 Å². The smallest absolute Gasteiger partial charge is 0.311 e. The lowest BCUT2D eigenvalue weighted by molar-refractivity contribution is -0.138. The molecule has 0 aliphatic heterocycles. The highest BCUT2D eigenvalue weighted by molar-refractivity contribution is 7.11. The average molecular weight is 197 g/mol. The molecule has 13 heavy (non-hydrogen) atoms. The van der Waals surface area contributed by atoms with Crippen molar-refractivity contribution in [1.82, 2.24) is 4.98 Å². The molecule has 0 amide bonds. The van der Waals surface area contributed by atoms with Crippen molar-refractivity contribution in [1.29, 1.82) is 0 Å². The number of hydrogen-bond donors (Lipinski definition) is 1. The summed E-state index contributed by atoms with van der Waals surface area (Å²) in [5.41, 5.74) is 0. The second-order valence-corrected chi connectivity index (χ2v) is 4.53. The van der Waals surface area contributed by atoms with Crippen LogP contribution in [0.3, 0.4) is 0 Å². The maximum Gasteiger partial charge on any atom is 0.311 e. The third kappa shape index (κ3) is 1.72. The highest BCUT2D eigenvalue weighted by Gasteiger charge is 2.28. The number of aromatic nitrogens is 1. The zero-order valence-corrected chi connectivity index (χ0v) is 8.17. The minimum absolute atomic E-state index is 0.412. The minimum atomic E-state index is -0.772. The molecule has 1 heterocycles. The van der Waals surface area contributed by atoms with Crippen LogP contribution in [0, 0.1) is 0 Å². The number of carbonyl (C=O) groups is 1. The maximum absolute atomic E-state index is 10.7. The molecule has 1 aromatic heterocycles. The van der Waals surface area contributed by atoms with Gasteiger partial charge in [0.05, 0.1) is 10.9 Å². The van der Waals surface area contributed by atoms with Gasteiger partial charge in [0, 0.05) is 17.0 Å². The van der Waals surface area contributed by atoms with E-state index in [2.05, 4.69) is 4.98 Å². The van der Waals surface area contributed by atoms with Gasteiger partial charge in [-0.3, -0.25) is 4.79 Å². The van der Waals surface area contributed by atoms with Crippen molar-refractivity contribution in [2.75, 3.05) is 0 Å². The fraction of sp³-hybridized carbons (Fsp3) is 0.556.